The van der Waals surface area contributed by atoms with Gasteiger partial charge in [0.05, 0.1) is 43.0 Å². The lowest BCUT2D eigenvalue weighted by molar-refractivity contribution is -0.122. The second-order valence-corrected chi connectivity index (χ2v) is 12.6. The van der Waals surface area contributed by atoms with Crippen molar-refractivity contribution >= 4 is 58.2 Å². The van der Waals surface area contributed by atoms with Gasteiger partial charge in [-0.15, -0.1) is 0 Å². The first-order chi connectivity index (χ1) is 22.2. The van der Waals surface area contributed by atoms with Gasteiger partial charge in [-0.1, -0.05) is 41.3 Å². The third kappa shape index (κ3) is 5.56. The van der Waals surface area contributed by atoms with Crippen molar-refractivity contribution in [3.05, 3.63) is 98.5 Å². The molecule has 0 radical (unpaired) electrons. The lowest BCUT2D eigenvalue weighted by Crippen LogP contribution is -2.33. The van der Waals surface area contributed by atoms with E-state index in [1.165, 1.54) is 35.9 Å². The minimum absolute atomic E-state index is 0.215. The van der Waals surface area contributed by atoms with Crippen molar-refractivity contribution in [2.75, 3.05) is 31.0 Å². The van der Waals surface area contributed by atoms with Crippen molar-refractivity contribution in [3.8, 4) is 11.5 Å². The second kappa shape index (κ2) is 12.9. The van der Waals surface area contributed by atoms with Crippen LogP contribution in [0.25, 0.3) is 0 Å². The van der Waals surface area contributed by atoms with Gasteiger partial charge in [-0.25, -0.2) is 9.69 Å². The number of imide groups is 1. The minimum Gasteiger partial charge on any atom is -0.497 e. The van der Waals surface area contributed by atoms with Gasteiger partial charge < -0.3 is 19.5 Å². The highest BCUT2D eigenvalue weighted by molar-refractivity contribution is 8.00. The summed E-state index contributed by atoms with van der Waals surface area (Å²) in [7, 11) is 3.06. The number of thiazole rings is 1. The van der Waals surface area contributed by atoms with E-state index in [0.29, 0.717) is 43.9 Å². The molecule has 1 saturated heterocycles. The number of fused-ring (bicyclic) bond motifs is 2. The van der Waals surface area contributed by atoms with Gasteiger partial charge in [-0.2, -0.15) is 0 Å². The minimum atomic E-state index is -0.885. The molecule has 11 nitrogen and oxygen atoms in total. The molecule has 3 heterocycles. The summed E-state index contributed by atoms with van der Waals surface area (Å²) in [5.74, 6) is -2.24. The molecule has 1 aromatic heterocycles. The Hall–Kier alpha value is -4.88. The summed E-state index contributed by atoms with van der Waals surface area (Å²) in [5.41, 5.74) is 1.79. The third-order valence-corrected chi connectivity index (χ3v) is 10.4. The molecule has 2 aliphatic heterocycles. The van der Waals surface area contributed by atoms with E-state index in [4.69, 9.17) is 14.2 Å². The predicted octanol–water partition coefficient (Wildman–Crippen LogP) is 4.54. The van der Waals surface area contributed by atoms with Crippen LogP contribution in [0.15, 0.2) is 82.6 Å². The van der Waals surface area contributed by atoms with Crippen molar-refractivity contribution in [2.45, 2.75) is 29.7 Å². The largest absolute Gasteiger partial charge is 0.497 e. The highest BCUT2D eigenvalue weighted by Gasteiger charge is 2.57. The van der Waals surface area contributed by atoms with Gasteiger partial charge in [0.15, 0.2) is 0 Å². The zero-order valence-electron chi connectivity index (χ0n) is 25.1. The lowest BCUT2D eigenvalue weighted by atomic mass is 9.82. The molecule has 0 saturated carbocycles. The van der Waals surface area contributed by atoms with Crippen LogP contribution in [-0.4, -0.2) is 54.3 Å². The highest BCUT2D eigenvalue weighted by atomic mass is 32.2. The van der Waals surface area contributed by atoms with Crippen molar-refractivity contribution in [1.29, 1.82) is 0 Å². The monoisotopic (exact) mass is 659 g/mol. The molecule has 1 fully saturated rings. The van der Waals surface area contributed by atoms with Gasteiger partial charge in [0.2, 0.25) is 17.7 Å². The van der Waals surface area contributed by atoms with Crippen LogP contribution in [0, 0.1) is 5.92 Å². The van der Waals surface area contributed by atoms with Gasteiger partial charge in [0.25, 0.3) is 0 Å². The van der Waals surface area contributed by atoms with E-state index in [1.54, 1.807) is 50.4 Å². The van der Waals surface area contributed by atoms with Crippen molar-refractivity contribution < 1.29 is 33.4 Å². The Morgan fingerprint density at radius 2 is 1.61 bits per heavy atom. The molecule has 4 aromatic rings. The molecule has 3 amide bonds. The van der Waals surface area contributed by atoms with E-state index < -0.39 is 40.8 Å². The molecule has 3 aromatic carbocycles. The molecule has 6 rings (SSSR count). The molecule has 236 valence electrons. The van der Waals surface area contributed by atoms with Gasteiger partial charge in [0, 0.05) is 22.0 Å². The van der Waals surface area contributed by atoms with Crippen molar-refractivity contribution in [1.82, 2.24) is 4.57 Å². The van der Waals surface area contributed by atoms with Crippen LogP contribution in [0.5, 0.6) is 11.5 Å². The molecule has 1 N–H and O–H groups in total. The Balaban J connectivity index is 1.38. The SMILES string of the molecule is CCOC(=O)c1ccc(N2C(=O)C3Sc4c(sc(=O)n4CC(=O)Nc4ccc(OC)cc4)C(c4ccccc4OC)C3C2=O)cc1. The number of carbonyl (C=O) groups is 4. The molecule has 0 spiro atoms. The molecule has 0 bridgehead atoms. The number of ether oxygens (including phenoxy) is 3. The molecule has 13 heteroatoms. The number of aromatic nitrogens is 1. The Morgan fingerprint density at radius 3 is 2.28 bits per heavy atom. The summed E-state index contributed by atoms with van der Waals surface area (Å²) in [6.45, 7) is 1.63. The number of hydrogen-bond acceptors (Lipinski definition) is 10. The number of thioether (sulfide) groups is 1. The number of amides is 3. The number of esters is 1. The Morgan fingerprint density at radius 1 is 0.891 bits per heavy atom. The number of hydrogen-bond donors (Lipinski definition) is 1. The van der Waals surface area contributed by atoms with Crippen LogP contribution in [0.1, 0.15) is 33.6 Å². The summed E-state index contributed by atoms with van der Waals surface area (Å²) >= 11 is 2.07. The number of benzene rings is 3. The van der Waals surface area contributed by atoms with Crippen LogP contribution in [0.4, 0.5) is 11.4 Å². The zero-order chi connectivity index (χ0) is 32.5. The maximum atomic E-state index is 14.2. The van der Waals surface area contributed by atoms with Gasteiger partial charge in [-0.3, -0.25) is 23.7 Å². The van der Waals surface area contributed by atoms with E-state index in [1.807, 2.05) is 12.1 Å². The number of methoxy groups -OCH3 is 2. The number of anilines is 2. The molecule has 2 aliphatic rings. The summed E-state index contributed by atoms with van der Waals surface area (Å²) < 4.78 is 17.2. The number of nitrogens with zero attached hydrogens (tertiary/aromatic N) is 2. The maximum Gasteiger partial charge on any atom is 0.338 e. The van der Waals surface area contributed by atoms with Crippen LogP contribution in [0.2, 0.25) is 0 Å². The standard InChI is InChI=1S/C33H29N3O8S2/c1-4-44-32(40)18-9-13-20(14-10-18)36-29(38)26-25(22-7-5-6-8-23(22)43-3)28-31(45-27(26)30(36)39)35(33(41)46-28)17-24(37)34-19-11-15-21(42-2)16-12-19/h5-16,25-27H,4,17H2,1-3H3,(H,34,37). The fourth-order valence-corrected chi connectivity index (χ4v) is 8.51. The Kier molecular flexibility index (Phi) is 8.69. The topological polar surface area (TPSA) is 133 Å². The fraction of sp³-hybridized carbons (Fsp3) is 0.242. The molecule has 0 aliphatic carbocycles. The predicted molar refractivity (Wildman–Crippen MR) is 173 cm³/mol. The Labute approximate surface area is 272 Å². The first kappa shape index (κ1) is 31.1. The summed E-state index contributed by atoms with van der Waals surface area (Å²) in [5, 5.41) is 2.37. The van der Waals surface area contributed by atoms with Crippen molar-refractivity contribution in [2.24, 2.45) is 5.92 Å². The van der Waals surface area contributed by atoms with Gasteiger partial charge >= 0.3 is 10.8 Å². The quantitative estimate of drug-likeness (QED) is 0.203. The summed E-state index contributed by atoms with van der Waals surface area (Å²) in [6.07, 6.45) is 0. The number of nitrogens with one attached hydrogen (secondary N) is 1. The average Bonchev–Trinajstić information content (AvgIpc) is 3.51. The van der Waals surface area contributed by atoms with Crippen LogP contribution in [-0.2, 0) is 25.7 Å². The second-order valence-electron chi connectivity index (χ2n) is 10.5. The average molecular weight is 660 g/mol. The lowest BCUT2D eigenvalue weighted by Gasteiger charge is -2.31. The molecular weight excluding hydrogens is 631 g/mol. The first-order valence-corrected chi connectivity index (χ1v) is 16.1. The van der Waals surface area contributed by atoms with Gasteiger partial charge in [-0.05, 0) is 61.5 Å². The van der Waals surface area contributed by atoms with E-state index in [-0.39, 0.29) is 18.0 Å². The first-order valence-electron chi connectivity index (χ1n) is 14.4. The maximum absolute atomic E-state index is 14.2. The summed E-state index contributed by atoms with van der Waals surface area (Å²) in [6, 6.07) is 20.1. The molecular formula is C33H29N3O8S2. The normalized spacial score (nSPS) is 18.5. The van der Waals surface area contributed by atoms with Crippen LogP contribution < -0.4 is 24.6 Å². The number of carbonyl (C=O) groups excluding carboxylic acids is 4. The third-order valence-electron chi connectivity index (χ3n) is 7.84. The zero-order valence-corrected chi connectivity index (χ0v) is 26.7. The Bertz CT molecular complexity index is 1880. The van der Waals surface area contributed by atoms with Gasteiger partial charge in [0.1, 0.15) is 23.3 Å². The molecule has 3 unspecified atom stereocenters. The number of rotatable bonds is 9. The molecule has 46 heavy (non-hydrogen) atoms. The van der Waals surface area contributed by atoms with E-state index in [9.17, 15) is 24.0 Å². The van der Waals surface area contributed by atoms with Crippen LogP contribution >= 0.6 is 23.1 Å². The van der Waals surface area contributed by atoms with E-state index in [0.717, 1.165) is 28.0 Å². The smallest absolute Gasteiger partial charge is 0.338 e. The van der Waals surface area contributed by atoms with Crippen LogP contribution in [0.3, 0.4) is 0 Å². The summed E-state index contributed by atoms with van der Waals surface area (Å²) in [4.78, 5) is 68.3. The van der Waals surface area contributed by atoms with E-state index in [2.05, 4.69) is 5.32 Å². The van der Waals surface area contributed by atoms with Crippen molar-refractivity contribution in [3.63, 3.8) is 0 Å². The number of para-hydroxylation sites is 1. The highest BCUT2D eigenvalue weighted by Crippen LogP contribution is 2.55. The molecule has 3 atom stereocenters. The fourth-order valence-electron chi connectivity index (χ4n) is 5.75. The van der Waals surface area contributed by atoms with E-state index >= 15 is 0 Å².